The first kappa shape index (κ1) is 17.4. The van der Waals surface area contributed by atoms with Gasteiger partial charge in [-0.25, -0.2) is 15.0 Å². The van der Waals surface area contributed by atoms with Gasteiger partial charge >= 0.3 is 0 Å². The summed E-state index contributed by atoms with van der Waals surface area (Å²) in [6, 6.07) is 3.99. The summed E-state index contributed by atoms with van der Waals surface area (Å²) in [6.45, 7) is 2.72. The molecule has 3 heterocycles. The van der Waals surface area contributed by atoms with Gasteiger partial charge in [0.2, 0.25) is 5.95 Å². The molecule has 8 heteroatoms. The summed E-state index contributed by atoms with van der Waals surface area (Å²) in [4.78, 5) is 25.6. The van der Waals surface area contributed by atoms with Crippen molar-refractivity contribution < 1.29 is 5.11 Å². The Hall–Kier alpha value is -3.00. The summed E-state index contributed by atoms with van der Waals surface area (Å²) in [5, 5.41) is 14.0. The first-order chi connectivity index (χ1) is 13.1. The van der Waals surface area contributed by atoms with E-state index in [4.69, 9.17) is 10.7 Å². The second-order valence-corrected chi connectivity index (χ2v) is 6.92. The second kappa shape index (κ2) is 6.96. The number of hydrogen-bond acceptors (Lipinski definition) is 7. The molecule has 0 atom stereocenters. The molecule has 1 aliphatic rings. The highest BCUT2D eigenvalue weighted by molar-refractivity contribution is 5.94. The van der Waals surface area contributed by atoms with Crippen LogP contribution in [-0.2, 0) is 6.54 Å². The molecule has 27 heavy (non-hydrogen) atoms. The number of hydrogen-bond donors (Lipinski definition) is 3. The average Bonchev–Trinajstić information content (AvgIpc) is 2.64. The Labute approximate surface area is 156 Å². The van der Waals surface area contributed by atoms with Gasteiger partial charge in [-0.1, -0.05) is 0 Å². The Morgan fingerprint density at radius 2 is 2.07 bits per heavy atom. The third-order valence-corrected chi connectivity index (χ3v) is 5.10. The van der Waals surface area contributed by atoms with E-state index in [1.807, 2.05) is 19.1 Å². The largest absolute Gasteiger partial charge is 0.396 e. The highest BCUT2D eigenvalue weighted by Gasteiger charge is 2.29. The lowest BCUT2D eigenvalue weighted by molar-refractivity contribution is 0.151. The fourth-order valence-electron chi connectivity index (χ4n) is 3.47. The van der Waals surface area contributed by atoms with E-state index in [-0.39, 0.29) is 24.2 Å². The van der Waals surface area contributed by atoms with Gasteiger partial charge < -0.3 is 20.7 Å². The van der Waals surface area contributed by atoms with Crippen LogP contribution in [0.3, 0.4) is 0 Å². The number of nitrogens with zero attached hydrogens (tertiary/aromatic N) is 4. The Kier molecular flexibility index (Phi) is 4.49. The van der Waals surface area contributed by atoms with Crippen LogP contribution in [0.25, 0.3) is 22.0 Å². The number of nitrogens with one attached hydrogen (secondary N) is 1. The Bertz CT molecular complexity index is 1020. The molecule has 0 spiro atoms. The van der Waals surface area contributed by atoms with E-state index in [2.05, 4.69) is 15.3 Å². The van der Waals surface area contributed by atoms with Crippen molar-refractivity contribution >= 4 is 22.5 Å². The topological polar surface area (TPSA) is 119 Å². The second-order valence-electron chi connectivity index (χ2n) is 6.92. The highest BCUT2D eigenvalue weighted by atomic mass is 16.3. The van der Waals surface area contributed by atoms with Gasteiger partial charge in [0, 0.05) is 43.3 Å². The molecular weight excluding hydrogens is 344 g/mol. The summed E-state index contributed by atoms with van der Waals surface area (Å²) >= 11 is 0. The van der Waals surface area contributed by atoms with Crippen LogP contribution >= 0.6 is 0 Å². The summed E-state index contributed by atoms with van der Waals surface area (Å²) in [5.74, 6) is 1.08. The molecule has 4 N–H and O–H groups in total. The third kappa shape index (κ3) is 3.23. The number of fused-ring (bicyclic) bond motifs is 1. The van der Waals surface area contributed by atoms with Gasteiger partial charge in [-0.2, -0.15) is 0 Å². The van der Waals surface area contributed by atoms with Gasteiger partial charge in [0.1, 0.15) is 5.82 Å². The van der Waals surface area contributed by atoms with Crippen LogP contribution in [-0.4, -0.2) is 37.3 Å². The van der Waals surface area contributed by atoms with E-state index in [1.54, 1.807) is 23.2 Å². The zero-order valence-electron chi connectivity index (χ0n) is 15.1. The molecule has 3 aromatic heterocycles. The van der Waals surface area contributed by atoms with Crippen molar-refractivity contribution in [2.75, 3.05) is 17.7 Å². The molecule has 0 saturated heterocycles. The molecule has 8 nitrogen and oxygen atoms in total. The summed E-state index contributed by atoms with van der Waals surface area (Å²) in [7, 11) is 0. The number of nitrogen functional groups attached to an aromatic ring is 1. The number of nitrogens with two attached hydrogens (primary N) is 1. The lowest BCUT2D eigenvalue weighted by atomic mass is 9.81. The molecule has 1 saturated carbocycles. The van der Waals surface area contributed by atoms with Crippen LogP contribution in [0.4, 0.5) is 11.8 Å². The average molecular weight is 366 g/mol. The third-order valence-electron chi connectivity index (χ3n) is 5.10. The van der Waals surface area contributed by atoms with Crippen molar-refractivity contribution in [2.45, 2.75) is 32.4 Å². The van der Waals surface area contributed by atoms with Crippen molar-refractivity contribution in [1.82, 2.24) is 19.5 Å². The predicted octanol–water partition coefficient (Wildman–Crippen LogP) is 1.64. The molecule has 0 unspecified atom stereocenters. The minimum absolute atomic E-state index is 0.0665. The van der Waals surface area contributed by atoms with Gasteiger partial charge in [-0.3, -0.25) is 4.79 Å². The zero-order valence-corrected chi connectivity index (χ0v) is 15.1. The van der Waals surface area contributed by atoms with Crippen molar-refractivity contribution in [1.29, 1.82) is 0 Å². The standard InChI is InChI=1S/C19H22N6O2/c1-2-25-4-3-12-7-15(13-8-21-19(20)22-9-13)24-17(16(12)18(25)27)23-14-5-11(6-14)10-26/h3-4,7-9,11,14,26H,2,5-6,10H2,1H3,(H,23,24)(H2,20,21,22). The van der Waals surface area contributed by atoms with Crippen molar-refractivity contribution in [2.24, 2.45) is 5.92 Å². The van der Waals surface area contributed by atoms with Crippen molar-refractivity contribution in [3.05, 3.63) is 41.1 Å². The molecule has 0 aliphatic heterocycles. The molecule has 4 rings (SSSR count). The van der Waals surface area contributed by atoms with Gasteiger partial charge in [0.05, 0.1) is 11.1 Å². The number of rotatable bonds is 5. The Balaban J connectivity index is 1.82. The van der Waals surface area contributed by atoms with Crippen molar-refractivity contribution in [3.8, 4) is 11.3 Å². The molecule has 0 bridgehead atoms. The Morgan fingerprint density at radius 1 is 1.33 bits per heavy atom. The number of aryl methyl sites for hydroxylation is 1. The first-order valence-electron chi connectivity index (χ1n) is 9.08. The monoisotopic (exact) mass is 366 g/mol. The zero-order chi connectivity index (χ0) is 19.0. The van der Waals surface area contributed by atoms with E-state index >= 15 is 0 Å². The number of aliphatic hydroxyl groups is 1. The van der Waals surface area contributed by atoms with Crippen LogP contribution in [0.2, 0.25) is 0 Å². The Morgan fingerprint density at radius 3 is 2.74 bits per heavy atom. The van der Waals surface area contributed by atoms with Crippen LogP contribution in [0.15, 0.2) is 35.5 Å². The van der Waals surface area contributed by atoms with Gasteiger partial charge in [0.25, 0.3) is 5.56 Å². The molecule has 0 amide bonds. The minimum Gasteiger partial charge on any atom is -0.396 e. The summed E-state index contributed by atoms with van der Waals surface area (Å²) < 4.78 is 1.67. The smallest absolute Gasteiger partial charge is 0.262 e. The maximum atomic E-state index is 12.9. The number of anilines is 2. The molecule has 0 aromatic carbocycles. The van der Waals surface area contributed by atoms with E-state index in [1.165, 1.54) is 0 Å². The SMILES string of the molecule is CCn1ccc2cc(-c3cnc(N)nc3)nc(NC3CC(CO)C3)c2c1=O. The lowest BCUT2D eigenvalue weighted by Crippen LogP contribution is -2.37. The van der Waals surface area contributed by atoms with E-state index in [0.29, 0.717) is 29.4 Å². The molecule has 1 aliphatic carbocycles. The number of pyridine rings is 2. The lowest BCUT2D eigenvalue weighted by Gasteiger charge is -2.35. The fourth-order valence-corrected chi connectivity index (χ4v) is 3.47. The maximum absolute atomic E-state index is 12.9. The quantitative estimate of drug-likeness (QED) is 0.628. The van der Waals surface area contributed by atoms with Crippen LogP contribution < -0.4 is 16.6 Å². The molecule has 1 fully saturated rings. The van der Waals surface area contributed by atoms with Crippen LogP contribution in [0.5, 0.6) is 0 Å². The maximum Gasteiger partial charge on any atom is 0.262 e. The van der Waals surface area contributed by atoms with Gasteiger partial charge in [0.15, 0.2) is 0 Å². The van der Waals surface area contributed by atoms with Gasteiger partial charge in [-0.05, 0) is 43.2 Å². The molecular formula is C19H22N6O2. The van der Waals surface area contributed by atoms with E-state index < -0.39 is 0 Å². The van der Waals surface area contributed by atoms with Gasteiger partial charge in [-0.15, -0.1) is 0 Å². The van der Waals surface area contributed by atoms with Crippen LogP contribution in [0, 0.1) is 5.92 Å². The molecule has 140 valence electrons. The fraction of sp³-hybridized carbons (Fsp3) is 0.368. The number of aromatic nitrogens is 4. The predicted molar refractivity (Wildman–Crippen MR) is 104 cm³/mol. The van der Waals surface area contributed by atoms with E-state index in [0.717, 1.165) is 23.8 Å². The van der Waals surface area contributed by atoms with E-state index in [9.17, 15) is 9.90 Å². The summed E-state index contributed by atoms with van der Waals surface area (Å²) in [5.41, 5.74) is 6.92. The van der Waals surface area contributed by atoms with Crippen molar-refractivity contribution in [3.63, 3.8) is 0 Å². The normalized spacial score (nSPS) is 19.0. The first-order valence-corrected chi connectivity index (χ1v) is 9.08. The highest BCUT2D eigenvalue weighted by Crippen LogP contribution is 2.32. The molecule has 3 aromatic rings. The summed E-state index contributed by atoms with van der Waals surface area (Å²) in [6.07, 6.45) is 6.77. The minimum atomic E-state index is -0.0665. The molecule has 0 radical (unpaired) electrons. The van der Waals surface area contributed by atoms with Crippen LogP contribution in [0.1, 0.15) is 19.8 Å². The number of aliphatic hydroxyl groups excluding tert-OH is 1.